The van der Waals surface area contributed by atoms with Gasteiger partial charge in [0.25, 0.3) is 0 Å². The lowest BCUT2D eigenvalue weighted by atomic mass is 9.84. The molecule has 1 aromatic rings. The number of benzene rings is 1. The number of rotatable bonds is 5. The number of nitrogen functional groups attached to an aromatic ring is 1. The van der Waals surface area contributed by atoms with Crippen molar-refractivity contribution < 1.29 is 4.79 Å². The quantitative estimate of drug-likeness (QED) is 0.810. The van der Waals surface area contributed by atoms with Crippen molar-refractivity contribution in [3.63, 3.8) is 0 Å². The molecule has 0 aromatic heterocycles. The van der Waals surface area contributed by atoms with Crippen LogP contribution in [-0.2, 0) is 11.2 Å². The molecule has 1 saturated carbocycles. The van der Waals surface area contributed by atoms with Crippen molar-refractivity contribution in [3.8, 4) is 0 Å². The van der Waals surface area contributed by atoms with Gasteiger partial charge in [0.1, 0.15) is 0 Å². The lowest BCUT2D eigenvalue weighted by molar-refractivity contribution is -0.122. The third-order valence-electron chi connectivity index (χ3n) is 4.42. The molecule has 3 heteroatoms. The van der Waals surface area contributed by atoms with Crippen LogP contribution in [0.4, 0.5) is 5.69 Å². The zero-order valence-electron chi connectivity index (χ0n) is 12.4. The molecular formula is C17H26N2O. The number of nitrogens with one attached hydrogen (secondary N) is 1. The van der Waals surface area contributed by atoms with Crippen LogP contribution in [0.2, 0.25) is 0 Å². The summed E-state index contributed by atoms with van der Waals surface area (Å²) in [6, 6.07) is 8.07. The molecule has 1 atom stereocenters. The highest BCUT2D eigenvalue weighted by molar-refractivity contribution is 5.76. The average molecular weight is 274 g/mol. The third-order valence-corrected chi connectivity index (χ3v) is 4.42. The number of para-hydroxylation sites is 1. The highest BCUT2D eigenvalue weighted by Crippen LogP contribution is 2.26. The Morgan fingerprint density at radius 1 is 1.30 bits per heavy atom. The van der Waals surface area contributed by atoms with Crippen LogP contribution in [-0.4, -0.2) is 11.9 Å². The molecule has 1 aliphatic carbocycles. The summed E-state index contributed by atoms with van der Waals surface area (Å²) in [6.45, 7) is 2.14. The van der Waals surface area contributed by atoms with Gasteiger partial charge in [0.2, 0.25) is 5.91 Å². The number of carbonyl (C=O) groups excluding carboxylic acids is 1. The average Bonchev–Trinajstić information content (AvgIpc) is 2.47. The highest BCUT2D eigenvalue weighted by atomic mass is 16.1. The standard InChI is InChI=1S/C17H26N2O/c1-13(14-7-3-2-4-8-14)19-17(20)12-11-15-9-5-6-10-16(15)18/h5-6,9-10,13-14H,2-4,7-8,11-12,18H2,1H3,(H,19,20)/t13-/m0/s1. The van der Waals surface area contributed by atoms with Crippen LogP contribution >= 0.6 is 0 Å². The monoisotopic (exact) mass is 274 g/mol. The Morgan fingerprint density at radius 2 is 2.00 bits per heavy atom. The van der Waals surface area contributed by atoms with E-state index in [1.54, 1.807) is 0 Å². The molecule has 20 heavy (non-hydrogen) atoms. The van der Waals surface area contributed by atoms with E-state index in [-0.39, 0.29) is 5.91 Å². The van der Waals surface area contributed by atoms with E-state index >= 15 is 0 Å². The summed E-state index contributed by atoms with van der Waals surface area (Å²) in [6.07, 6.45) is 7.72. The molecule has 1 fully saturated rings. The van der Waals surface area contributed by atoms with Gasteiger partial charge in [-0.2, -0.15) is 0 Å². The molecule has 0 heterocycles. The predicted molar refractivity (Wildman–Crippen MR) is 83.4 cm³/mol. The molecule has 3 N–H and O–H groups in total. The molecule has 2 rings (SSSR count). The zero-order valence-corrected chi connectivity index (χ0v) is 12.4. The number of amides is 1. The summed E-state index contributed by atoms with van der Waals surface area (Å²) < 4.78 is 0. The Hall–Kier alpha value is -1.51. The van der Waals surface area contributed by atoms with Gasteiger partial charge < -0.3 is 11.1 Å². The largest absolute Gasteiger partial charge is 0.399 e. The first-order valence-electron chi connectivity index (χ1n) is 7.79. The molecule has 1 aliphatic rings. The number of hydrogen-bond acceptors (Lipinski definition) is 2. The number of aryl methyl sites for hydroxylation is 1. The van der Waals surface area contributed by atoms with Crippen LogP contribution in [0.15, 0.2) is 24.3 Å². The molecule has 3 nitrogen and oxygen atoms in total. The first-order valence-corrected chi connectivity index (χ1v) is 7.79. The molecule has 0 radical (unpaired) electrons. The fourth-order valence-corrected chi connectivity index (χ4v) is 3.09. The fraction of sp³-hybridized carbons (Fsp3) is 0.588. The Bertz CT molecular complexity index is 438. The Labute approximate surface area is 121 Å². The molecule has 0 bridgehead atoms. The molecule has 0 saturated heterocycles. The molecular weight excluding hydrogens is 248 g/mol. The van der Waals surface area contributed by atoms with Crippen molar-refractivity contribution in [1.82, 2.24) is 5.32 Å². The maximum absolute atomic E-state index is 12.0. The summed E-state index contributed by atoms with van der Waals surface area (Å²) in [5.41, 5.74) is 7.73. The summed E-state index contributed by atoms with van der Waals surface area (Å²) in [4.78, 5) is 12.0. The highest BCUT2D eigenvalue weighted by Gasteiger charge is 2.21. The van der Waals surface area contributed by atoms with Gasteiger partial charge in [-0.05, 0) is 43.7 Å². The SMILES string of the molecule is C[C@H](NC(=O)CCc1ccccc1N)C1CCCCC1. The van der Waals surface area contributed by atoms with Gasteiger partial charge >= 0.3 is 0 Å². The van der Waals surface area contributed by atoms with Gasteiger partial charge in [0, 0.05) is 18.2 Å². The molecule has 0 aliphatic heterocycles. The number of carbonyl (C=O) groups is 1. The van der Waals surface area contributed by atoms with Gasteiger partial charge in [-0.1, -0.05) is 37.5 Å². The van der Waals surface area contributed by atoms with Gasteiger partial charge in [-0.15, -0.1) is 0 Å². The normalized spacial score (nSPS) is 17.6. The maximum atomic E-state index is 12.0. The van der Waals surface area contributed by atoms with Crippen LogP contribution in [0.3, 0.4) is 0 Å². The Balaban J connectivity index is 1.76. The first kappa shape index (κ1) is 14.9. The van der Waals surface area contributed by atoms with E-state index in [9.17, 15) is 4.79 Å². The van der Waals surface area contributed by atoms with E-state index < -0.39 is 0 Å². The number of anilines is 1. The van der Waals surface area contributed by atoms with Gasteiger partial charge in [0.05, 0.1) is 0 Å². The van der Waals surface area contributed by atoms with Crippen LogP contribution in [0, 0.1) is 5.92 Å². The Morgan fingerprint density at radius 3 is 2.70 bits per heavy atom. The van der Waals surface area contributed by atoms with Crippen LogP contribution < -0.4 is 11.1 Å². The second kappa shape index (κ2) is 7.32. The molecule has 0 unspecified atom stereocenters. The molecule has 1 amide bonds. The van der Waals surface area contributed by atoms with Crippen molar-refractivity contribution in [2.75, 3.05) is 5.73 Å². The second-order valence-electron chi connectivity index (χ2n) is 5.95. The van der Waals surface area contributed by atoms with E-state index in [2.05, 4.69) is 12.2 Å². The number of nitrogens with two attached hydrogens (primary N) is 1. The van der Waals surface area contributed by atoms with E-state index in [0.29, 0.717) is 18.4 Å². The van der Waals surface area contributed by atoms with Gasteiger partial charge in [0.15, 0.2) is 0 Å². The summed E-state index contributed by atoms with van der Waals surface area (Å²) in [5.74, 6) is 0.806. The summed E-state index contributed by atoms with van der Waals surface area (Å²) in [5, 5.41) is 3.16. The second-order valence-corrected chi connectivity index (χ2v) is 5.95. The van der Waals surface area contributed by atoms with E-state index in [1.807, 2.05) is 24.3 Å². The fourth-order valence-electron chi connectivity index (χ4n) is 3.09. The van der Waals surface area contributed by atoms with Crippen LogP contribution in [0.1, 0.15) is 51.0 Å². The third kappa shape index (κ3) is 4.26. The van der Waals surface area contributed by atoms with E-state index in [1.165, 1.54) is 32.1 Å². The van der Waals surface area contributed by atoms with Crippen molar-refractivity contribution in [3.05, 3.63) is 29.8 Å². The lowest BCUT2D eigenvalue weighted by Gasteiger charge is -2.28. The first-order chi connectivity index (χ1) is 9.66. The van der Waals surface area contributed by atoms with Crippen LogP contribution in [0.25, 0.3) is 0 Å². The minimum absolute atomic E-state index is 0.145. The topological polar surface area (TPSA) is 55.1 Å². The van der Waals surface area contributed by atoms with Crippen molar-refractivity contribution >= 4 is 11.6 Å². The summed E-state index contributed by atoms with van der Waals surface area (Å²) in [7, 11) is 0. The zero-order chi connectivity index (χ0) is 14.4. The van der Waals surface area contributed by atoms with E-state index in [4.69, 9.17) is 5.73 Å². The minimum atomic E-state index is 0.145. The minimum Gasteiger partial charge on any atom is -0.399 e. The van der Waals surface area contributed by atoms with Crippen molar-refractivity contribution in [2.45, 2.75) is 57.9 Å². The molecule has 1 aromatic carbocycles. The van der Waals surface area contributed by atoms with Gasteiger partial charge in [-0.3, -0.25) is 4.79 Å². The van der Waals surface area contributed by atoms with E-state index in [0.717, 1.165) is 17.7 Å². The predicted octanol–water partition coefficient (Wildman–Crippen LogP) is 3.29. The van der Waals surface area contributed by atoms with Gasteiger partial charge in [-0.25, -0.2) is 0 Å². The van der Waals surface area contributed by atoms with Crippen molar-refractivity contribution in [2.24, 2.45) is 5.92 Å². The molecule has 110 valence electrons. The maximum Gasteiger partial charge on any atom is 0.220 e. The van der Waals surface area contributed by atoms with Crippen molar-refractivity contribution in [1.29, 1.82) is 0 Å². The lowest BCUT2D eigenvalue weighted by Crippen LogP contribution is -2.38. The smallest absolute Gasteiger partial charge is 0.220 e. The molecule has 0 spiro atoms. The van der Waals surface area contributed by atoms with Crippen LogP contribution in [0.5, 0.6) is 0 Å². The number of hydrogen-bond donors (Lipinski definition) is 2. The Kier molecular flexibility index (Phi) is 5.45. The summed E-state index contributed by atoms with van der Waals surface area (Å²) >= 11 is 0.